The van der Waals surface area contributed by atoms with Crippen molar-refractivity contribution in [1.29, 1.82) is 0 Å². The van der Waals surface area contributed by atoms with Crippen molar-refractivity contribution in [3.05, 3.63) is 0 Å². The van der Waals surface area contributed by atoms with Crippen molar-refractivity contribution in [3.8, 4) is 0 Å². The summed E-state index contributed by atoms with van der Waals surface area (Å²) in [6.07, 6.45) is 3.70. The number of rotatable bonds is 14. The number of carbonyl (C=O) groups is 3. The molecule has 0 aromatic heterocycles. The minimum Gasteiger partial charge on any atom is -0.465 e. The third-order valence-corrected chi connectivity index (χ3v) is 4.10. The fourth-order valence-electron chi connectivity index (χ4n) is 2.44. The molecule has 0 saturated carbocycles. The van der Waals surface area contributed by atoms with Crippen LogP contribution in [0.25, 0.3) is 0 Å². The summed E-state index contributed by atoms with van der Waals surface area (Å²) in [5, 5.41) is 0. The average Bonchev–Trinajstić information content (AvgIpc) is 2.52. The van der Waals surface area contributed by atoms with E-state index in [1.165, 1.54) is 6.42 Å². The van der Waals surface area contributed by atoms with Gasteiger partial charge >= 0.3 is 11.9 Å². The van der Waals surface area contributed by atoms with Gasteiger partial charge in [-0.2, -0.15) is 0 Å². The van der Waals surface area contributed by atoms with Gasteiger partial charge in [0.25, 0.3) is 0 Å². The lowest BCUT2D eigenvalue weighted by Gasteiger charge is -2.30. The van der Waals surface area contributed by atoms with Crippen LogP contribution < -0.4 is 0 Å². The number of unbranched alkanes of at least 4 members (excludes halogenated alkanes) is 1. The molecule has 144 valence electrons. The van der Waals surface area contributed by atoms with E-state index in [1.54, 1.807) is 14.0 Å². The highest BCUT2D eigenvalue weighted by atomic mass is 16.5. The molecule has 1 aliphatic heterocycles. The van der Waals surface area contributed by atoms with Crippen LogP contribution in [0.3, 0.4) is 0 Å². The second kappa shape index (κ2) is 12.8. The van der Waals surface area contributed by atoms with Crippen LogP contribution in [-0.2, 0) is 28.6 Å². The molecular weight excluding hydrogens is 326 g/mol. The van der Waals surface area contributed by atoms with Gasteiger partial charge in [-0.15, -0.1) is 0 Å². The van der Waals surface area contributed by atoms with E-state index in [2.05, 4.69) is 4.90 Å². The molecule has 0 aromatic rings. The summed E-state index contributed by atoms with van der Waals surface area (Å²) in [5.74, 6) is -0.569. The number of carbonyl (C=O) groups excluding carboxylic acids is 3. The minimum absolute atomic E-state index is 0.129. The summed E-state index contributed by atoms with van der Waals surface area (Å²) in [7, 11) is 1.56. The monoisotopic (exact) mass is 357 g/mol. The summed E-state index contributed by atoms with van der Waals surface area (Å²) in [4.78, 5) is 36.5. The quantitative estimate of drug-likeness (QED) is 0.345. The first-order valence-electron chi connectivity index (χ1n) is 9.03. The second-order valence-corrected chi connectivity index (χ2v) is 6.54. The zero-order chi connectivity index (χ0) is 18.5. The van der Waals surface area contributed by atoms with Gasteiger partial charge in [0.1, 0.15) is 5.78 Å². The van der Waals surface area contributed by atoms with E-state index in [-0.39, 0.29) is 36.9 Å². The van der Waals surface area contributed by atoms with Crippen LogP contribution >= 0.6 is 0 Å². The molecule has 0 amide bonds. The van der Waals surface area contributed by atoms with Crippen molar-refractivity contribution < 1.29 is 28.6 Å². The number of methoxy groups -OCH3 is 1. The molecule has 1 saturated heterocycles. The number of ether oxygens (including phenoxy) is 3. The third-order valence-electron chi connectivity index (χ3n) is 4.10. The van der Waals surface area contributed by atoms with E-state index in [0.717, 1.165) is 19.6 Å². The number of nitrogens with zero attached hydrogens (tertiary/aromatic N) is 1. The molecule has 1 heterocycles. The van der Waals surface area contributed by atoms with Crippen LogP contribution in [-0.4, -0.2) is 69.2 Å². The van der Waals surface area contributed by atoms with Gasteiger partial charge in [-0.25, -0.2) is 0 Å². The molecule has 7 nitrogen and oxygen atoms in total. The van der Waals surface area contributed by atoms with Gasteiger partial charge in [-0.05, 0) is 39.3 Å². The predicted molar refractivity (Wildman–Crippen MR) is 92.1 cm³/mol. The van der Waals surface area contributed by atoms with E-state index in [9.17, 15) is 14.4 Å². The van der Waals surface area contributed by atoms with Gasteiger partial charge in [0.05, 0.1) is 32.2 Å². The van der Waals surface area contributed by atoms with Gasteiger partial charge in [-0.3, -0.25) is 9.59 Å². The van der Waals surface area contributed by atoms with Crippen molar-refractivity contribution in [2.45, 2.75) is 45.4 Å². The molecule has 1 fully saturated rings. The number of esters is 2. The standard InChI is InChI=1S/C18H31NO6/c1-15(20)6-3-4-7-17(21)24-13-16(12-23-2)14-25-18(22)8-11-19-9-5-10-19/h16H,3-14H2,1-2H3. The van der Waals surface area contributed by atoms with E-state index in [4.69, 9.17) is 14.2 Å². The van der Waals surface area contributed by atoms with Crippen LogP contribution in [0, 0.1) is 5.92 Å². The molecule has 0 bridgehead atoms. The van der Waals surface area contributed by atoms with Crippen molar-refractivity contribution in [1.82, 2.24) is 4.90 Å². The average molecular weight is 357 g/mol. The zero-order valence-corrected chi connectivity index (χ0v) is 15.5. The van der Waals surface area contributed by atoms with Gasteiger partial charge in [0, 0.05) is 26.5 Å². The molecule has 0 N–H and O–H groups in total. The van der Waals surface area contributed by atoms with Crippen LogP contribution in [0.2, 0.25) is 0 Å². The van der Waals surface area contributed by atoms with Crippen LogP contribution in [0.15, 0.2) is 0 Å². The predicted octanol–water partition coefficient (Wildman–Crippen LogP) is 1.58. The van der Waals surface area contributed by atoms with Crippen LogP contribution in [0.5, 0.6) is 0 Å². The first-order valence-corrected chi connectivity index (χ1v) is 9.03. The number of hydrogen-bond donors (Lipinski definition) is 0. The number of likely N-dealkylation sites (tertiary alicyclic amines) is 1. The highest BCUT2D eigenvalue weighted by Gasteiger charge is 2.17. The molecule has 1 atom stereocenters. The fraction of sp³-hybridized carbons (Fsp3) is 0.833. The van der Waals surface area contributed by atoms with E-state index >= 15 is 0 Å². The Kier molecular flexibility index (Phi) is 11.1. The zero-order valence-electron chi connectivity index (χ0n) is 15.5. The normalized spacial score (nSPS) is 15.3. The maximum atomic E-state index is 11.7. The summed E-state index contributed by atoms with van der Waals surface area (Å²) < 4.78 is 15.6. The summed E-state index contributed by atoms with van der Waals surface area (Å²) in [5.41, 5.74) is 0. The highest BCUT2D eigenvalue weighted by molar-refractivity contribution is 5.75. The summed E-state index contributed by atoms with van der Waals surface area (Å²) >= 11 is 0. The molecule has 0 spiro atoms. The molecule has 1 unspecified atom stereocenters. The first-order chi connectivity index (χ1) is 12.0. The largest absolute Gasteiger partial charge is 0.465 e. The molecule has 0 aromatic carbocycles. The van der Waals surface area contributed by atoms with Crippen LogP contribution in [0.1, 0.15) is 45.4 Å². The Bertz CT molecular complexity index is 422. The molecule has 1 rings (SSSR count). The molecule has 25 heavy (non-hydrogen) atoms. The van der Waals surface area contributed by atoms with Crippen molar-refractivity contribution in [3.63, 3.8) is 0 Å². The SMILES string of the molecule is COCC(COC(=O)CCCCC(C)=O)COC(=O)CCN1CCC1. The lowest BCUT2D eigenvalue weighted by molar-refractivity contribution is -0.150. The Morgan fingerprint density at radius 2 is 1.52 bits per heavy atom. The Morgan fingerprint density at radius 3 is 2.04 bits per heavy atom. The Balaban J connectivity index is 2.13. The number of Topliss-reactive ketones (excluding diaryl/α,β-unsaturated/α-hetero) is 1. The molecule has 1 aliphatic rings. The topological polar surface area (TPSA) is 82.1 Å². The lowest BCUT2D eigenvalue weighted by Crippen LogP contribution is -2.38. The smallest absolute Gasteiger partial charge is 0.307 e. The maximum absolute atomic E-state index is 11.7. The van der Waals surface area contributed by atoms with Crippen molar-refractivity contribution in [2.75, 3.05) is 46.6 Å². The van der Waals surface area contributed by atoms with E-state index in [1.807, 2.05) is 0 Å². The third kappa shape index (κ3) is 10.9. The summed E-state index contributed by atoms with van der Waals surface area (Å²) in [6.45, 7) is 5.10. The fourth-order valence-corrected chi connectivity index (χ4v) is 2.44. The van der Waals surface area contributed by atoms with Gasteiger partial charge < -0.3 is 23.9 Å². The van der Waals surface area contributed by atoms with Gasteiger partial charge in [0.2, 0.25) is 0 Å². The molecular formula is C18H31NO6. The summed E-state index contributed by atoms with van der Waals surface area (Å²) in [6, 6.07) is 0. The van der Waals surface area contributed by atoms with Crippen molar-refractivity contribution in [2.24, 2.45) is 5.92 Å². The molecule has 0 aliphatic carbocycles. The Morgan fingerprint density at radius 1 is 0.920 bits per heavy atom. The minimum atomic E-state index is -0.297. The molecule has 0 radical (unpaired) electrons. The van der Waals surface area contributed by atoms with E-state index < -0.39 is 0 Å². The number of ketones is 1. The van der Waals surface area contributed by atoms with Gasteiger partial charge in [0.15, 0.2) is 0 Å². The van der Waals surface area contributed by atoms with Crippen LogP contribution in [0.4, 0.5) is 0 Å². The Hall–Kier alpha value is -1.47. The lowest BCUT2D eigenvalue weighted by atomic mass is 10.1. The first kappa shape index (κ1) is 21.6. The van der Waals surface area contributed by atoms with E-state index in [0.29, 0.717) is 38.7 Å². The second-order valence-electron chi connectivity index (χ2n) is 6.54. The maximum Gasteiger partial charge on any atom is 0.307 e. The number of hydrogen-bond acceptors (Lipinski definition) is 7. The highest BCUT2D eigenvalue weighted by Crippen LogP contribution is 2.08. The van der Waals surface area contributed by atoms with Crippen molar-refractivity contribution >= 4 is 17.7 Å². The van der Waals surface area contributed by atoms with Gasteiger partial charge in [-0.1, -0.05) is 0 Å². The molecule has 7 heteroatoms. The Labute approximate surface area is 150 Å².